The highest BCUT2D eigenvalue weighted by Gasteiger charge is 2.39. The van der Waals surface area contributed by atoms with Crippen molar-refractivity contribution in [1.29, 1.82) is 0 Å². The Bertz CT molecular complexity index is 434. The van der Waals surface area contributed by atoms with Gasteiger partial charge in [-0.3, -0.25) is 0 Å². The Kier molecular flexibility index (Phi) is 3.57. The van der Waals surface area contributed by atoms with E-state index in [1.54, 1.807) is 0 Å². The smallest absolute Gasteiger partial charge is 0.374 e. The number of carbonyl (C=O) groups is 1. The Morgan fingerprint density at radius 3 is 2.44 bits per heavy atom. The van der Waals surface area contributed by atoms with E-state index in [2.05, 4.69) is 15.9 Å². The van der Waals surface area contributed by atoms with E-state index in [1.165, 1.54) is 0 Å². The molecule has 16 heavy (non-hydrogen) atoms. The lowest BCUT2D eigenvalue weighted by Crippen LogP contribution is -2.31. The molecule has 1 aromatic rings. The van der Waals surface area contributed by atoms with Crippen LogP contribution >= 0.6 is 15.9 Å². The van der Waals surface area contributed by atoms with Gasteiger partial charge >= 0.3 is 11.9 Å². The highest BCUT2D eigenvalue weighted by Crippen LogP contribution is 2.27. The third-order valence-corrected chi connectivity index (χ3v) is 2.57. The van der Waals surface area contributed by atoms with Gasteiger partial charge in [0, 0.05) is 0 Å². The van der Waals surface area contributed by atoms with Crippen LogP contribution in [0.2, 0.25) is 0 Å². The topological polar surface area (TPSA) is 37.3 Å². The maximum atomic E-state index is 13.2. The average Bonchev–Trinajstić information content (AvgIpc) is 2.19. The number of carboxylic acid groups (broad SMARTS) is 1. The fourth-order valence-electron chi connectivity index (χ4n) is 1.02. The van der Waals surface area contributed by atoms with Crippen molar-refractivity contribution in [2.45, 2.75) is 12.3 Å². The van der Waals surface area contributed by atoms with Gasteiger partial charge in [0.05, 0.1) is 10.9 Å². The molecule has 0 amide bonds. The van der Waals surface area contributed by atoms with E-state index in [4.69, 9.17) is 5.11 Å². The summed E-state index contributed by atoms with van der Waals surface area (Å²) in [5.74, 6) is -8.61. The Hall–Kier alpha value is -1.11. The molecule has 0 saturated carbocycles. The van der Waals surface area contributed by atoms with E-state index in [0.29, 0.717) is 0 Å². The van der Waals surface area contributed by atoms with Crippen LogP contribution in [0, 0.1) is 11.6 Å². The summed E-state index contributed by atoms with van der Waals surface area (Å²) in [7, 11) is 0. The lowest BCUT2D eigenvalue weighted by molar-refractivity contribution is -0.164. The van der Waals surface area contributed by atoms with Gasteiger partial charge in [-0.1, -0.05) is 6.07 Å². The summed E-state index contributed by atoms with van der Waals surface area (Å²) in [6, 6.07) is 1.56. The van der Waals surface area contributed by atoms with Crippen molar-refractivity contribution in [3.63, 3.8) is 0 Å². The first-order chi connectivity index (χ1) is 7.25. The molecule has 7 heteroatoms. The molecular weight excluding hydrogens is 296 g/mol. The molecule has 0 atom stereocenters. The van der Waals surface area contributed by atoms with Crippen molar-refractivity contribution in [2.75, 3.05) is 0 Å². The summed E-state index contributed by atoms with van der Waals surface area (Å²) < 4.78 is 51.0. The third-order valence-electron chi connectivity index (χ3n) is 1.84. The van der Waals surface area contributed by atoms with Gasteiger partial charge in [0.1, 0.15) is 11.6 Å². The lowest BCUT2D eigenvalue weighted by atomic mass is 10.1. The summed E-state index contributed by atoms with van der Waals surface area (Å²) >= 11 is 2.53. The first-order valence-corrected chi connectivity index (χ1v) is 4.78. The number of hydrogen-bond donors (Lipinski definition) is 1. The highest BCUT2D eigenvalue weighted by molar-refractivity contribution is 9.10. The molecule has 0 saturated heterocycles. The molecule has 88 valence electrons. The van der Waals surface area contributed by atoms with Crippen LogP contribution in [0.15, 0.2) is 16.6 Å². The van der Waals surface area contributed by atoms with Crippen LogP contribution < -0.4 is 0 Å². The monoisotopic (exact) mass is 300 g/mol. The zero-order valence-corrected chi connectivity index (χ0v) is 9.19. The van der Waals surface area contributed by atoms with Gasteiger partial charge < -0.3 is 5.11 Å². The van der Waals surface area contributed by atoms with E-state index in [1.807, 2.05) is 0 Å². The number of benzene rings is 1. The van der Waals surface area contributed by atoms with Crippen LogP contribution in [-0.4, -0.2) is 17.0 Å². The maximum Gasteiger partial charge on any atom is 0.374 e. The van der Waals surface area contributed by atoms with Crippen LogP contribution in [0.25, 0.3) is 0 Å². The van der Waals surface area contributed by atoms with E-state index in [0.717, 1.165) is 12.1 Å². The zero-order chi connectivity index (χ0) is 12.5. The molecule has 0 bridgehead atoms. The van der Waals surface area contributed by atoms with Gasteiger partial charge in [0.15, 0.2) is 0 Å². The predicted molar refractivity (Wildman–Crippen MR) is 50.3 cm³/mol. The minimum absolute atomic E-state index is 0.569. The van der Waals surface area contributed by atoms with Gasteiger partial charge in [-0.15, -0.1) is 0 Å². The van der Waals surface area contributed by atoms with Crippen molar-refractivity contribution in [2.24, 2.45) is 0 Å². The molecule has 0 aliphatic heterocycles. The minimum atomic E-state index is -4.09. The van der Waals surface area contributed by atoms with E-state index < -0.39 is 40.0 Å². The molecule has 1 aromatic carbocycles. The van der Waals surface area contributed by atoms with Gasteiger partial charge in [-0.05, 0) is 27.6 Å². The fourth-order valence-corrected chi connectivity index (χ4v) is 1.40. The molecule has 0 heterocycles. The van der Waals surface area contributed by atoms with Gasteiger partial charge in [0.25, 0.3) is 0 Å². The number of aliphatic carboxylic acids is 1. The van der Waals surface area contributed by atoms with Gasteiger partial charge in [-0.2, -0.15) is 8.78 Å². The van der Waals surface area contributed by atoms with Crippen LogP contribution in [0.5, 0.6) is 0 Å². The molecule has 1 rings (SSSR count). The number of carboxylic acids is 1. The first kappa shape index (κ1) is 13.0. The summed E-state index contributed by atoms with van der Waals surface area (Å²) in [6.45, 7) is 0. The molecule has 0 spiro atoms. The molecule has 0 aromatic heterocycles. The Morgan fingerprint density at radius 1 is 1.38 bits per heavy atom. The van der Waals surface area contributed by atoms with Crippen LogP contribution in [-0.2, 0) is 11.2 Å². The standard InChI is InChI=1S/C9H5BrF4O2/c10-6-5(11)2-1-4(7(6)12)3-9(13,14)8(15)16/h1-2H,3H2,(H,15,16). The average molecular weight is 301 g/mol. The molecule has 0 aliphatic carbocycles. The van der Waals surface area contributed by atoms with Crippen molar-refractivity contribution < 1.29 is 27.5 Å². The lowest BCUT2D eigenvalue weighted by Gasteiger charge is -2.12. The SMILES string of the molecule is O=C(O)C(F)(F)Cc1ccc(F)c(Br)c1F. The second-order valence-electron chi connectivity index (χ2n) is 3.02. The minimum Gasteiger partial charge on any atom is -0.477 e. The molecule has 0 unspecified atom stereocenters. The quantitative estimate of drug-likeness (QED) is 0.688. The summed E-state index contributed by atoms with van der Waals surface area (Å²) in [5.41, 5.74) is -0.569. The van der Waals surface area contributed by atoms with Gasteiger partial charge in [-0.25, -0.2) is 13.6 Å². The molecular formula is C9H5BrF4O2. The number of hydrogen-bond acceptors (Lipinski definition) is 1. The second-order valence-corrected chi connectivity index (χ2v) is 3.81. The van der Waals surface area contributed by atoms with Gasteiger partial charge in [0.2, 0.25) is 0 Å². The third kappa shape index (κ3) is 2.52. The first-order valence-electron chi connectivity index (χ1n) is 3.99. The van der Waals surface area contributed by atoms with Crippen molar-refractivity contribution in [3.8, 4) is 0 Å². The number of alkyl halides is 2. The van der Waals surface area contributed by atoms with E-state index in [-0.39, 0.29) is 0 Å². The van der Waals surface area contributed by atoms with Crippen molar-refractivity contribution in [3.05, 3.63) is 33.8 Å². The fraction of sp³-hybridized carbons (Fsp3) is 0.222. The molecule has 0 fully saturated rings. The molecule has 2 nitrogen and oxygen atoms in total. The van der Waals surface area contributed by atoms with Crippen LogP contribution in [0.4, 0.5) is 17.6 Å². The van der Waals surface area contributed by atoms with E-state index in [9.17, 15) is 22.4 Å². The largest absolute Gasteiger partial charge is 0.477 e. The van der Waals surface area contributed by atoms with Crippen molar-refractivity contribution in [1.82, 2.24) is 0 Å². The number of halogens is 5. The molecule has 0 radical (unpaired) electrons. The summed E-state index contributed by atoms with van der Waals surface area (Å²) in [5, 5.41) is 8.16. The van der Waals surface area contributed by atoms with Crippen LogP contribution in [0.3, 0.4) is 0 Å². The Balaban J connectivity index is 3.08. The number of rotatable bonds is 3. The Morgan fingerprint density at radius 2 is 1.94 bits per heavy atom. The maximum absolute atomic E-state index is 13.2. The zero-order valence-electron chi connectivity index (χ0n) is 7.61. The normalized spacial score (nSPS) is 11.6. The Labute approximate surface area is 96.0 Å². The summed E-state index contributed by atoms with van der Waals surface area (Å²) in [4.78, 5) is 10.1. The second kappa shape index (κ2) is 4.40. The highest BCUT2D eigenvalue weighted by atomic mass is 79.9. The molecule has 0 aliphatic rings. The summed E-state index contributed by atoms with van der Waals surface area (Å²) in [6.07, 6.45) is -1.33. The molecule has 1 N–H and O–H groups in total. The van der Waals surface area contributed by atoms with E-state index >= 15 is 0 Å². The van der Waals surface area contributed by atoms with Crippen molar-refractivity contribution >= 4 is 21.9 Å². The predicted octanol–water partition coefficient (Wildman–Crippen LogP) is 2.99. The van der Waals surface area contributed by atoms with Crippen LogP contribution in [0.1, 0.15) is 5.56 Å².